The maximum absolute atomic E-state index is 14.2. The van der Waals surface area contributed by atoms with Crippen molar-refractivity contribution in [2.75, 3.05) is 24.3 Å². The molecule has 14 heteroatoms. The van der Waals surface area contributed by atoms with Gasteiger partial charge in [0.15, 0.2) is 0 Å². The number of ether oxygens (including phenoxy) is 2. The summed E-state index contributed by atoms with van der Waals surface area (Å²) in [6, 6.07) is 22.6. The van der Waals surface area contributed by atoms with Gasteiger partial charge >= 0.3 is 0 Å². The zero-order chi connectivity index (χ0) is 33.9. The number of nitriles is 2. The highest BCUT2D eigenvalue weighted by atomic mass is 32.1. The summed E-state index contributed by atoms with van der Waals surface area (Å²) in [7, 11) is 0. The van der Waals surface area contributed by atoms with E-state index in [1.807, 2.05) is 48.5 Å². The number of carbonyl (C=O) groups excluding carboxylic acids is 2. The summed E-state index contributed by atoms with van der Waals surface area (Å²) < 4.78 is 11.5. The third-order valence-corrected chi connectivity index (χ3v) is 9.52. The van der Waals surface area contributed by atoms with Gasteiger partial charge in [0, 0.05) is 21.9 Å². The monoisotopic (exact) mass is 674 g/mol. The first-order valence-electron chi connectivity index (χ1n) is 14.6. The zero-order valence-electron chi connectivity index (χ0n) is 25.6. The fourth-order valence-corrected chi connectivity index (χ4v) is 7.43. The van der Waals surface area contributed by atoms with Crippen molar-refractivity contribution < 1.29 is 19.1 Å². The van der Waals surface area contributed by atoms with Crippen LogP contribution in [0.4, 0.5) is 11.4 Å². The summed E-state index contributed by atoms with van der Waals surface area (Å²) in [6.07, 6.45) is 0. The Morgan fingerprint density at radius 1 is 0.771 bits per heavy atom. The summed E-state index contributed by atoms with van der Waals surface area (Å²) in [6.45, 7) is 4.06. The van der Waals surface area contributed by atoms with Crippen molar-refractivity contribution >= 4 is 66.3 Å². The van der Waals surface area contributed by atoms with Crippen LogP contribution in [0.3, 0.4) is 0 Å². The number of nitrogen functional groups attached to an aromatic ring is 2. The molecule has 0 unspecified atom stereocenters. The zero-order valence-corrected chi connectivity index (χ0v) is 27.2. The van der Waals surface area contributed by atoms with Crippen LogP contribution in [0.5, 0.6) is 11.8 Å². The maximum Gasteiger partial charge on any atom is 0.277 e. The van der Waals surface area contributed by atoms with Crippen molar-refractivity contribution in [3.05, 3.63) is 81.5 Å². The molecule has 0 aliphatic rings. The van der Waals surface area contributed by atoms with E-state index in [1.54, 1.807) is 26.0 Å². The molecule has 4 aromatic heterocycles. The average molecular weight is 675 g/mol. The molecular weight excluding hydrogens is 649 g/mol. The number of amides is 2. The molecule has 0 radical (unpaired) electrons. The van der Waals surface area contributed by atoms with Gasteiger partial charge in [0.1, 0.15) is 42.7 Å². The Morgan fingerprint density at radius 3 is 1.73 bits per heavy atom. The quantitative estimate of drug-likeness (QED) is 0.0775. The SMILES string of the molecule is CCOc1nc2sc(C(=O)Nc3c(C(=O)NN)sc4nc(OCC)c(C#N)c(-c5ccccc5)c34)c(N)c2c(-c2ccccc2)c1C#N. The molecule has 12 nitrogen and oxygen atoms in total. The van der Waals surface area contributed by atoms with Gasteiger partial charge in [0.05, 0.1) is 24.6 Å². The Hall–Kier alpha value is -6.06. The number of nitrogens with one attached hydrogen (secondary N) is 2. The summed E-state index contributed by atoms with van der Waals surface area (Å²) in [4.78, 5) is 37.4. The van der Waals surface area contributed by atoms with Gasteiger partial charge in [0.2, 0.25) is 11.8 Å². The van der Waals surface area contributed by atoms with Gasteiger partial charge in [-0.1, -0.05) is 60.7 Å². The number of aromatic nitrogens is 2. The Bertz CT molecular complexity index is 2310. The Labute approximate surface area is 282 Å². The molecular formula is C34H26N8O4S2. The standard InChI is InChI=1S/C34H26N8O4S2/c1-3-45-31-19(15-35)21(17-11-7-5-8-12-17)23-25(37)27(47-33(23)40-31)29(43)39-26-24-22(18-13-9-6-10-14-18)20(16-36)32(46-4-2)41-34(24)48-28(26)30(44)42-38/h5-14H,3-4,37-38H2,1-2H3,(H,39,43)(H,42,44). The molecule has 238 valence electrons. The van der Waals surface area contributed by atoms with Gasteiger partial charge in [-0.05, 0) is 25.0 Å². The van der Waals surface area contributed by atoms with E-state index in [0.29, 0.717) is 42.7 Å². The predicted octanol–water partition coefficient (Wildman–Crippen LogP) is 6.22. The van der Waals surface area contributed by atoms with E-state index >= 15 is 0 Å². The minimum Gasteiger partial charge on any atom is -0.477 e. The first-order valence-corrected chi connectivity index (χ1v) is 16.2. The molecule has 6 rings (SSSR count). The summed E-state index contributed by atoms with van der Waals surface area (Å²) in [5.41, 5.74) is 11.6. The highest BCUT2D eigenvalue weighted by molar-refractivity contribution is 7.22. The van der Waals surface area contributed by atoms with Crippen molar-refractivity contribution in [1.82, 2.24) is 15.4 Å². The topological polar surface area (TPSA) is 202 Å². The van der Waals surface area contributed by atoms with Crippen molar-refractivity contribution in [2.45, 2.75) is 13.8 Å². The smallest absolute Gasteiger partial charge is 0.277 e. The second kappa shape index (κ2) is 13.4. The predicted molar refractivity (Wildman–Crippen MR) is 186 cm³/mol. The Morgan fingerprint density at radius 2 is 1.25 bits per heavy atom. The van der Waals surface area contributed by atoms with Gasteiger partial charge in [-0.2, -0.15) is 10.5 Å². The third-order valence-electron chi connectivity index (χ3n) is 7.34. The minimum atomic E-state index is -0.679. The Kier molecular flexibility index (Phi) is 8.87. The molecule has 0 saturated heterocycles. The van der Waals surface area contributed by atoms with Crippen LogP contribution in [0.25, 0.3) is 42.7 Å². The number of fused-ring (bicyclic) bond motifs is 2. The molecule has 6 aromatic rings. The van der Waals surface area contributed by atoms with Crippen LogP contribution in [-0.4, -0.2) is 35.0 Å². The molecule has 0 aliphatic heterocycles. The molecule has 0 atom stereocenters. The van der Waals surface area contributed by atoms with Gasteiger partial charge in [-0.3, -0.25) is 15.0 Å². The molecule has 0 aliphatic carbocycles. The van der Waals surface area contributed by atoms with E-state index in [0.717, 1.165) is 22.7 Å². The molecule has 0 bridgehead atoms. The van der Waals surface area contributed by atoms with Crippen molar-refractivity contribution in [1.29, 1.82) is 10.5 Å². The van der Waals surface area contributed by atoms with Crippen molar-refractivity contribution in [3.8, 4) is 46.2 Å². The first kappa shape index (κ1) is 31.9. The van der Waals surface area contributed by atoms with Crippen LogP contribution in [-0.2, 0) is 0 Å². The lowest BCUT2D eigenvalue weighted by Crippen LogP contribution is -2.30. The number of carbonyl (C=O) groups is 2. The molecule has 0 spiro atoms. The fraction of sp³-hybridized carbons (Fsp3) is 0.118. The van der Waals surface area contributed by atoms with Crippen LogP contribution < -0.4 is 31.8 Å². The summed E-state index contributed by atoms with van der Waals surface area (Å²) in [5.74, 6) is 4.45. The Balaban J connectivity index is 1.60. The largest absolute Gasteiger partial charge is 0.477 e. The number of hydrazine groups is 1. The van der Waals surface area contributed by atoms with Crippen molar-refractivity contribution in [2.24, 2.45) is 5.84 Å². The first-order chi connectivity index (χ1) is 23.4. The lowest BCUT2D eigenvalue weighted by Gasteiger charge is -2.13. The van der Waals surface area contributed by atoms with Crippen LogP contribution in [0, 0.1) is 22.7 Å². The van der Waals surface area contributed by atoms with E-state index in [-0.39, 0.29) is 57.2 Å². The van der Waals surface area contributed by atoms with E-state index in [2.05, 4.69) is 32.8 Å². The van der Waals surface area contributed by atoms with E-state index in [4.69, 9.17) is 21.1 Å². The molecule has 6 N–H and O–H groups in total. The lowest BCUT2D eigenvalue weighted by atomic mass is 9.97. The molecule has 48 heavy (non-hydrogen) atoms. The van der Waals surface area contributed by atoms with Crippen molar-refractivity contribution in [3.63, 3.8) is 0 Å². The number of benzene rings is 2. The van der Waals surface area contributed by atoms with E-state index < -0.39 is 11.8 Å². The van der Waals surface area contributed by atoms with Crippen LogP contribution in [0.2, 0.25) is 0 Å². The second-order valence-electron chi connectivity index (χ2n) is 10.1. The highest BCUT2D eigenvalue weighted by Gasteiger charge is 2.30. The average Bonchev–Trinajstić information content (AvgIpc) is 3.64. The highest BCUT2D eigenvalue weighted by Crippen LogP contribution is 2.47. The molecule has 0 saturated carbocycles. The lowest BCUT2D eigenvalue weighted by molar-refractivity contribution is 0.0958. The van der Waals surface area contributed by atoms with Crippen LogP contribution in [0.15, 0.2) is 60.7 Å². The van der Waals surface area contributed by atoms with E-state index in [9.17, 15) is 20.1 Å². The van der Waals surface area contributed by atoms with E-state index in [1.165, 1.54) is 0 Å². The maximum atomic E-state index is 14.2. The number of nitrogens with two attached hydrogens (primary N) is 2. The number of rotatable bonds is 9. The summed E-state index contributed by atoms with van der Waals surface area (Å²) in [5, 5.41) is 24.1. The number of anilines is 2. The molecule has 2 aromatic carbocycles. The number of nitrogens with zero attached hydrogens (tertiary/aromatic N) is 4. The van der Waals surface area contributed by atoms with Gasteiger partial charge in [-0.25, -0.2) is 15.8 Å². The normalized spacial score (nSPS) is 10.8. The van der Waals surface area contributed by atoms with Gasteiger partial charge in [-0.15, -0.1) is 22.7 Å². The molecule has 4 heterocycles. The number of thiophene rings is 2. The number of hydrogen-bond donors (Lipinski definition) is 4. The minimum absolute atomic E-state index is 0.0521. The summed E-state index contributed by atoms with van der Waals surface area (Å²) >= 11 is 2.00. The number of hydrogen-bond acceptors (Lipinski definition) is 12. The molecule has 2 amide bonds. The third kappa shape index (κ3) is 5.40. The molecule has 0 fully saturated rings. The number of pyridine rings is 2. The van der Waals surface area contributed by atoms with Gasteiger partial charge < -0.3 is 20.5 Å². The fourth-order valence-electron chi connectivity index (χ4n) is 5.40. The van der Waals surface area contributed by atoms with Gasteiger partial charge in [0.25, 0.3) is 11.8 Å². The second-order valence-corrected chi connectivity index (χ2v) is 12.1. The van der Waals surface area contributed by atoms with Crippen LogP contribution >= 0.6 is 22.7 Å². The van der Waals surface area contributed by atoms with Crippen LogP contribution in [0.1, 0.15) is 44.3 Å².